The van der Waals surface area contributed by atoms with Crippen LogP contribution in [-0.2, 0) is 0 Å². The molecule has 0 fully saturated rings. The van der Waals surface area contributed by atoms with Crippen molar-refractivity contribution in [3.05, 3.63) is 11.5 Å². The van der Waals surface area contributed by atoms with E-state index >= 15 is 0 Å². The van der Waals surface area contributed by atoms with E-state index in [0.29, 0.717) is 0 Å². The Kier molecular flexibility index (Phi) is 14.6. The molecule has 30 valence electrons. The standard InChI is InChI=1S/C3H4S2.2Na/c1-2-4-5-3-1;;/h1-2H,3H2;;. The van der Waals surface area contributed by atoms with Crippen LogP contribution in [0.2, 0.25) is 0 Å². The Hall–Kier alpha value is 2.44. The molecule has 0 saturated carbocycles. The predicted octanol–water partition coefficient (Wildman–Crippen LogP) is 1.13. The summed E-state index contributed by atoms with van der Waals surface area (Å²) >= 11 is 0. The van der Waals surface area contributed by atoms with E-state index in [2.05, 4.69) is 11.5 Å². The van der Waals surface area contributed by atoms with Crippen LogP contribution in [0.1, 0.15) is 0 Å². The minimum Gasteiger partial charge on any atom is -0.0854 e. The van der Waals surface area contributed by atoms with Crippen molar-refractivity contribution in [1.29, 1.82) is 0 Å². The molecule has 0 amide bonds. The zero-order chi connectivity index (χ0) is 3.54. The fourth-order valence-electron chi connectivity index (χ4n) is 0.196. The van der Waals surface area contributed by atoms with Gasteiger partial charge in [0.15, 0.2) is 0 Å². The second-order valence-corrected chi connectivity index (χ2v) is 3.07. The smallest absolute Gasteiger partial charge is 0.0229 e. The van der Waals surface area contributed by atoms with E-state index in [0.717, 1.165) is 0 Å². The van der Waals surface area contributed by atoms with Crippen LogP contribution in [0.3, 0.4) is 0 Å². The van der Waals surface area contributed by atoms with Crippen LogP contribution in [0.4, 0.5) is 0 Å². The van der Waals surface area contributed by atoms with Gasteiger partial charge in [-0.05, 0) is 5.41 Å². The normalized spacial score (nSPS) is 14.9. The minimum absolute atomic E-state index is 0. The summed E-state index contributed by atoms with van der Waals surface area (Å²) in [6.45, 7) is 0. The maximum atomic E-state index is 2.16. The molecule has 0 spiro atoms. The molecule has 0 bridgehead atoms. The van der Waals surface area contributed by atoms with Gasteiger partial charge >= 0.3 is 0 Å². The minimum atomic E-state index is 0. The summed E-state index contributed by atoms with van der Waals surface area (Å²) in [5, 5.41) is 2.12. The first-order chi connectivity index (χ1) is 2.50. The van der Waals surface area contributed by atoms with Gasteiger partial charge < -0.3 is 0 Å². The number of rotatable bonds is 0. The van der Waals surface area contributed by atoms with Crippen LogP contribution in [-0.4, -0.2) is 64.9 Å². The van der Waals surface area contributed by atoms with Crippen LogP contribution in [0.15, 0.2) is 11.5 Å². The molecule has 0 aliphatic carbocycles. The summed E-state index contributed by atoms with van der Waals surface area (Å²) in [6, 6.07) is 0. The Morgan fingerprint density at radius 1 is 1.29 bits per heavy atom. The average Bonchev–Trinajstić information content (AvgIpc) is 1.76. The van der Waals surface area contributed by atoms with E-state index in [4.69, 9.17) is 0 Å². The maximum Gasteiger partial charge on any atom is 0.0229 e. The Morgan fingerprint density at radius 3 is 2.14 bits per heavy atom. The third-order valence-corrected chi connectivity index (χ3v) is 2.30. The molecule has 1 aliphatic heterocycles. The first-order valence-electron chi connectivity index (χ1n) is 1.43. The van der Waals surface area contributed by atoms with E-state index in [-0.39, 0.29) is 59.1 Å². The van der Waals surface area contributed by atoms with Crippen molar-refractivity contribution < 1.29 is 0 Å². The Labute approximate surface area is 96.2 Å². The summed E-state index contributed by atoms with van der Waals surface area (Å²) in [7, 11) is 3.69. The van der Waals surface area contributed by atoms with E-state index in [1.165, 1.54) is 5.75 Å². The topological polar surface area (TPSA) is 0 Å². The molecule has 1 aliphatic rings. The molecule has 0 aromatic rings. The van der Waals surface area contributed by atoms with Gasteiger partial charge in [-0.25, -0.2) is 0 Å². The second-order valence-electron chi connectivity index (χ2n) is 0.753. The second kappa shape index (κ2) is 8.44. The Morgan fingerprint density at radius 2 is 2.00 bits per heavy atom. The number of hydrogen-bond acceptors (Lipinski definition) is 2. The van der Waals surface area contributed by atoms with Crippen molar-refractivity contribution in [3.8, 4) is 0 Å². The number of hydrogen-bond donors (Lipinski definition) is 0. The monoisotopic (exact) mass is 150 g/mol. The van der Waals surface area contributed by atoms with Crippen molar-refractivity contribution in [2.45, 2.75) is 0 Å². The van der Waals surface area contributed by atoms with Gasteiger partial charge in [0.1, 0.15) is 0 Å². The summed E-state index contributed by atoms with van der Waals surface area (Å²) in [6.07, 6.45) is 2.16. The van der Waals surface area contributed by atoms with Gasteiger partial charge in [-0.15, -0.1) is 0 Å². The molecule has 1 rings (SSSR count). The largest absolute Gasteiger partial charge is 0.0854 e. The third kappa shape index (κ3) is 6.32. The Bertz CT molecular complexity index is 48.9. The first kappa shape index (κ1) is 12.1. The SMILES string of the molecule is C1=CSSC1.[Na].[Na]. The van der Waals surface area contributed by atoms with Crippen molar-refractivity contribution >= 4 is 80.7 Å². The van der Waals surface area contributed by atoms with Crippen LogP contribution in [0.5, 0.6) is 0 Å². The molecule has 4 heteroatoms. The first-order valence-corrected chi connectivity index (χ1v) is 3.81. The zero-order valence-corrected chi connectivity index (χ0v) is 10.3. The van der Waals surface area contributed by atoms with Gasteiger partial charge in [0.25, 0.3) is 0 Å². The van der Waals surface area contributed by atoms with Gasteiger partial charge in [0.05, 0.1) is 0 Å². The zero-order valence-electron chi connectivity index (χ0n) is 4.68. The van der Waals surface area contributed by atoms with Gasteiger partial charge in [0, 0.05) is 64.9 Å². The van der Waals surface area contributed by atoms with Gasteiger partial charge in [0.2, 0.25) is 0 Å². The van der Waals surface area contributed by atoms with Gasteiger partial charge in [-0.1, -0.05) is 27.7 Å². The quantitative estimate of drug-likeness (QED) is 0.375. The van der Waals surface area contributed by atoms with Crippen LogP contribution >= 0.6 is 21.6 Å². The summed E-state index contributed by atoms with van der Waals surface area (Å²) in [4.78, 5) is 0. The fraction of sp³-hybridized carbons (Fsp3) is 0.333. The van der Waals surface area contributed by atoms with Crippen molar-refractivity contribution in [3.63, 3.8) is 0 Å². The van der Waals surface area contributed by atoms with Crippen LogP contribution in [0, 0.1) is 0 Å². The molecule has 2 radical (unpaired) electrons. The molecule has 1 heterocycles. The third-order valence-electron chi connectivity index (χ3n) is 0.384. The predicted molar refractivity (Wildman–Crippen MR) is 40.7 cm³/mol. The summed E-state index contributed by atoms with van der Waals surface area (Å²) in [5.74, 6) is 1.20. The average molecular weight is 150 g/mol. The molecular weight excluding hydrogens is 146 g/mol. The molecule has 0 N–H and O–H groups in total. The van der Waals surface area contributed by atoms with Gasteiger partial charge in [-0.3, -0.25) is 0 Å². The molecular formula is C3H4Na2S2. The van der Waals surface area contributed by atoms with Crippen LogP contribution in [0.25, 0.3) is 0 Å². The molecule has 0 atom stereocenters. The summed E-state index contributed by atoms with van der Waals surface area (Å²) in [5.41, 5.74) is 0. The molecule has 7 heavy (non-hydrogen) atoms. The van der Waals surface area contributed by atoms with E-state index in [1.54, 1.807) is 0 Å². The molecule has 0 aromatic heterocycles. The van der Waals surface area contributed by atoms with E-state index in [9.17, 15) is 0 Å². The summed E-state index contributed by atoms with van der Waals surface area (Å²) < 4.78 is 0. The van der Waals surface area contributed by atoms with Crippen LogP contribution < -0.4 is 0 Å². The molecule has 0 saturated heterocycles. The fourth-order valence-corrected chi connectivity index (χ4v) is 1.77. The van der Waals surface area contributed by atoms with Crippen molar-refractivity contribution in [1.82, 2.24) is 0 Å². The molecule has 0 nitrogen and oxygen atoms in total. The molecule has 0 aromatic carbocycles. The maximum absolute atomic E-state index is 2.16. The Balaban J connectivity index is 0. The van der Waals surface area contributed by atoms with E-state index in [1.807, 2.05) is 21.6 Å². The van der Waals surface area contributed by atoms with Crippen molar-refractivity contribution in [2.24, 2.45) is 0 Å². The van der Waals surface area contributed by atoms with Crippen molar-refractivity contribution in [2.75, 3.05) is 5.75 Å². The molecule has 0 unspecified atom stereocenters. The van der Waals surface area contributed by atoms with Gasteiger partial charge in [-0.2, -0.15) is 0 Å². The van der Waals surface area contributed by atoms with E-state index < -0.39 is 0 Å².